The van der Waals surface area contributed by atoms with Gasteiger partial charge in [-0.2, -0.15) is 0 Å². The zero-order chi connectivity index (χ0) is 13.8. The van der Waals surface area contributed by atoms with Crippen molar-refractivity contribution in [2.75, 3.05) is 4.90 Å². The third-order valence-corrected chi connectivity index (χ3v) is 2.59. The van der Waals surface area contributed by atoms with E-state index in [1.165, 1.54) is 11.1 Å². The number of halogens is 1. The first-order chi connectivity index (χ1) is 8.35. The van der Waals surface area contributed by atoms with Crippen molar-refractivity contribution < 1.29 is 9.53 Å². The van der Waals surface area contributed by atoms with E-state index < -0.39 is 11.7 Å². The van der Waals surface area contributed by atoms with Gasteiger partial charge >= 0.3 is 6.09 Å². The van der Waals surface area contributed by atoms with Crippen molar-refractivity contribution in [2.24, 2.45) is 0 Å². The number of benzene rings is 1. The number of carbonyl (C=O) groups excluding carboxylic acids is 1. The van der Waals surface area contributed by atoms with Crippen LogP contribution >= 0.6 is 15.9 Å². The van der Waals surface area contributed by atoms with Crippen LogP contribution in [-0.4, -0.2) is 11.7 Å². The minimum Gasteiger partial charge on any atom is -0.443 e. The first kappa shape index (κ1) is 14.6. The summed E-state index contributed by atoms with van der Waals surface area (Å²) in [7, 11) is 0. The maximum absolute atomic E-state index is 12.1. The van der Waals surface area contributed by atoms with Crippen molar-refractivity contribution in [3.63, 3.8) is 0 Å². The second-order valence-electron chi connectivity index (χ2n) is 4.63. The molecule has 0 fully saturated rings. The van der Waals surface area contributed by atoms with E-state index >= 15 is 0 Å². The molecule has 0 aliphatic rings. The number of hydrogen-bond acceptors (Lipinski definition) is 2. The molecule has 0 radical (unpaired) electrons. The Morgan fingerprint density at radius 2 is 2.06 bits per heavy atom. The topological polar surface area (TPSA) is 29.5 Å². The molecular weight excluding hydrogens is 294 g/mol. The highest BCUT2D eigenvalue weighted by Crippen LogP contribution is 2.27. The molecule has 1 aromatic rings. The van der Waals surface area contributed by atoms with Crippen LogP contribution in [0.5, 0.6) is 0 Å². The van der Waals surface area contributed by atoms with Gasteiger partial charge in [-0.3, -0.25) is 0 Å². The first-order valence-electron chi connectivity index (χ1n) is 5.48. The van der Waals surface area contributed by atoms with Gasteiger partial charge in [0.05, 0.1) is 11.9 Å². The largest absolute Gasteiger partial charge is 0.443 e. The fourth-order valence-electron chi connectivity index (χ4n) is 1.27. The molecule has 0 aliphatic heterocycles. The first-order valence-corrected chi connectivity index (χ1v) is 6.27. The van der Waals surface area contributed by atoms with Gasteiger partial charge in [0.25, 0.3) is 0 Å². The van der Waals surface area contributed by atoms with E-state index in [9.17, 15) is 4.79 Å². The molecule has 4 heteroatoms. The number of carbonyl (C=O) groups is 1. The molecule has 0 aromatic heterocycles. The van der Waals surface area contributed by atoms with Crippen molar-refractivity contribution in [1.29, 1.82) is 0 Å². The number of ether oxygens (including phenoxy) is 1. The van der Waals surface area contributed by atoms with Crippen LogP contribution in [0, 0.1) is 0 Å². The lowest BCUT2D eigenvalue weighted by Gasteiger charge is -2.25. The Bertz CT molecular complexity index is 485. The highest BCUT2D eigenvalue weighted by molar-refractivity contribution is 9.10. The van der Waals surface area contributed by atoms with E-state index in [1.807, 2.05) is 45.0 Å². The van der Waals surface area contributed by atoms with Gasteiger partial charge in [0, 0.05) is 4.47 Å². The molecule has 0 N–H and O–H groups in total. The number of nitrogens with zero attached hydrogens (tertiary/aromatic N) is 1. The summed E-state index contributed by atoms with van der Waals surface area (Å²) in [5, 5.41) is 0. The van der Waals surface area contributed by atoms with Gasteiger partial charge < -0.3 is 4.74 Å². The lowest BCUT2D eigenvalue weighted by molar-refractivity contribution is 0.0596. The minimum atomic E-state index is -0.550. The standard InChI is InChI=1S/C14H16BrNO2/c1-5-10-16(13(17)18-14(2,3)4)12-9-7-6-8-11(12)15/h6-10H,1H2,2-4H3. The average Bonchev–Trinajstić information content (AvgIpc) is 2.24. The smallest absolute Gasteiger partial charge is 0.419 e. The summed E-state index contributed by atoms with van der Waals surface area (Å²) < 4.78 is 6.12. The van der Waals surface area contributed by atoms with Crippen molar-refractivity contribution in [3.05, 3.63) is 47.2 Å². The number of anilines is 1. The fourth-order valence-corrected chi connectivity index (χ4v) is 1.75. The van der Waals surface area contributed by atoms with E-state index in [0.717, 1.165) is 4.47 Å². The average molecular weight is 310 g/mol. The summed E-state index contributed by atoms with van der Waals surface area (Å²) in [4.78, 5) is 13.4. The Morgan fingerprint density at radius 1 is 1.44 bits per heavy atom. The van der Waals surface area contributed by atoms with Crippen LogP contribution in [0.2, 0.25) is 0 Å². The summed E-state index contributed by atoms with van der Waals surface area (Å²) in [5.74, 6) is 0. The van der Waals surface area contributed by atoms with Gasteiger partial charge in [-0.15, -0.1) is 5.73 Å². The Balaban J connectivity index is 3.08. The normalized spacial score (nSPS) is 10.4. The molecule has 0 saturated heterocycles. The molecule has 0 bridgehead atoms. The molecule has 0 saturated carbocycles. The SMILES string of the molecule is C=C=CN(C(=O)OC(C)(C)C)c1ccccc1Br. The third-order valence-electron chi connectivity index (χ3n) is 1.92. The summed E-state index contributed by atoms with van der Waals surface area (Å²) in [5.41, 5.74) is 2.72. The zero-order valence-electron chi connectivity index (χ0n) is 10.7. The molecule has 1 rings (SSSR count). The fraction of sp³-hybridized carbons (Fsp3) is 0.286. The van der Waals surface area contributed by atoms with E-state index in [-0.39, 0.29) is 0 Å². The molecule has 0 heterocycles. The molecule has 0 unspecified atom stereocenters. The summed E-state index contributed by atoms with van der Waals surface area (Å²) in [6, 6.07) is 7.37. The molecule has 0 aliphatic carbocycles. The molecule has 0 atom stereocenters. The van der Waals surface area contributed by atoms with Crippen molar-refractivity contribution in [2.45, 2.75) is 26.4 Å². The van der Waals surface area contributed by atoms with Crippen LogP contribution in [0.4, 0.5) is 10.5 Å². The van der Waals surface area contributed by atoms with Crippen LogP contribution in [0.1, 0.15) is 20.8 Å². The van der Waals surface area contributed by atoms with Gasteiger partial charge in [-0.1, -0.05) is 18.7 Å². The number of para-hydroxylation sites is 1. The molecule has 1 amide bonds. The highest BCUT2D eigenvalue weighted by atomic mass is 79.9. The van der Waals surface area contributed by atoms with Crippen LogP contribution in [0.15, 0.2) is 47.2 Å². The van der Waals surface area contributed by atoms with Crippen LogP contribution in [0.25, 0.3) is 0 Å². The van der Waals surface area contributed by atoms with Crippen molar-refractivity contribution >= 4 is 27.7 Å². The molecule has 0 spiro atoms. The van der Waals surface area contributed by atoms with Crippen molar-refractivity contribution in [1.82, 2.24) is 0 Å². The van der Waals surface area contributed by atoms with Crippen LogP contribution < -0.4 is 4.90 Å². The lowest BCUT2D eigenvalue weighted by atomic mass is 10.2. The van der Waals surface area contributed by atoms with Crippen LogP contribution in [-0.2, 0) is 4.74 Å². The monoisotopic (exact) mass is 309 g/mol. The second kappa shape index (κ2) is 5.89. The number of amides is 1. The van der Waals surface area contributed by atoms with Crippen LogP contribution in [0.3, 0.4) is 0 Å². The maximum Gasteiger partial charge on any atom is 0.419 e. The van der Waals surface area contributed by atoms with Gasteiger partial charge in [0.2, 0.25) is 0 Å². The van der Waals surface area contributed by atoms with Crippen molar-refractivity contribution in [3.8, 4) is 0 Å². The molecular formula is C14H16BrNO2. The third kappa shape index (κ3) is 4.06. The number of hydrogen-bond donors (Lipinski definition) is 0. The van der Waals surface area contributed by atoms with Gasteiger partial charge in [-0.25, -0.2) is 9.69 Å². The van der Waals surface area contributed by atoms with Gasteiger partial charge in [-0.05, 0) is 48.8 Å². The summed E-state index contributed by atoms with van der Waals surface area (Å²) in [6.07, 6.45) is 0.985. The van der Waals surface area contributed by atoms with E-state index in [0.29, 0.717) is 5.69 Å². The Hall–Kier alpha value is -1.51. The quantitative estimate of drug-likeness (QED) is 0.753. The van der Waals surface area contributed by atoms with E-state index in [1.54, 1.807) is 0 Å². The molecule has 96 valence electrons. The molecule has 3 nitrogen and oxygen atoms in total. The maximum atomic E-state index is 12.1. The Labute approximate surface area is 116 Å². The van der Waals surface area contributed by atoms with Gasteiger partial charge in [0.15, 0.2) is 0 Å². The number of rotatable bonds is 2. The summed E-state index contributed by atoms with van der Waals surface area (Å²) in [6.45, 7) is 8.95. The zero-order valence-corrected chi connectivity index (χ0v) is 12.3. The Morgan fingerprint density at radius 3 is 2.56 bits per heavy atom. The molecule has 18 heavy (non-hydrogen) atoms. The minimum absolute atomic E-state index is 0.467. The summed E-state index contributed by atoms with van der Waals surface area (Å²) >= 11 is 3.40. The second-order valence-corrected chi connectivity index (χ2v) is 5.49. The lowest BCUT2D eigenvalue weighted by Crippen LogP contribution is -2.33. The predicted octanol–water partition coefficient (Wildman–Crippen LogP) is 4.49. The molecule has 1 aromatic carbocycles. The van der Waals surface area contributed by atoms with E-state index in [2.05, 4.69) is 28.2 Å². The van der Waals surface area contributed by atoms with Gasteiger partial charge in [0.1, 0.15) is 5.60 Å². The predicted molar refractivity (Wildman–Crippen MR) is 76.6 cm³/mol. The Kier molecular flexibility index (Phi) is 4.76. The van der Waals surface area contributed by atoms with E-state index in [4.69, 9.17) is 4.74 Å². The highest BCUT2D eigenvalue weighted by Gasteiger charge is 2.22.